The zero-order valence-electron chi connectivity index (χ0n) is 15.5. The van der Waals surface area contributed by atoms with Crippen molar-refractivity contribution in [2.45, 2.75) is 44.2 Å². The van der Waals surface area contributed by atoms with E-state index in [9.17, 15) is 9.18 Å². The van der Waals surface area contributed by atoms with Crippen LogP contribution in [0.25, 0.3) is 0 Å². The van der Waals surface area contributed by atoms with Crippen molar-refractivity contribution >= 4 is 11.6 Å². The minimum Gasteiger partial charge on any atom is -0.382 e. The van der Waals surface area contributed by atoms with Gasteiger partial charge >= 0.3 is 0 Å². The molecule has 0 spiro atoms. The molecular formula is C21H24FN3O2. The molecule has 2 aliphatic heterocycles. The van der Waals surface area contributed by atoms with Gasteiger partial charge in [0.25, 0.3) is 5.91 Å². The number of aryl methyl sites for hydroxylation is 1. The largest absolute Gasteiger partial charge is 0.382 e. The fraction of sp³-hybridized carbons (Fsp3) is 0.429. The summed E-state index contributed by atoms with van der Waals surface area (Å²) in [6.07, 6.45) is 5.94. The van der Waals surface area contributed by atoms with Crippen LogP contribution in [0, 0.1) is 5.82 Å². The van der Waals surface area contributed by atoms with Crippen molar-refractivity contribution in [2.75, 3.05) is 6.54 Å². The van der Waals surface area contributed by atoms with E-state index in [-0.39, 0.29) is 17.8 Å². The number of halogens is 1. The zero-order chi connectivity index (χ0) is 18.8. The number of hydrogen-bond acceptors (Lipinski definition) is 3. The van der Waals surface area contributed by atoms with Gasteiger partial charge in [-0.05, 0) is 37.1 Å². The van der Waals surface area contributed by atoms with Gasteiger partial charge in [0, 0.05) is 37.5 Å². The molecule has 5 nitrogen and oxygen atoms in total. The van der Waals surface area contributed by atoms with Crippen molar-refractivity contribution in [3.8, 4) is 0 Å². The first-order valence-corrected chi connectivity index (χ1v) is 9.54. The van der Waals surface area contributed by atoms with Crippen LogP contribution in [0.4, 0.5) is 4.39 Å². The molecule has 3 heterocycles. The quantitative estimate of drug-likeness (QED) is 0.826. The fourth-order valence-electron chi connectivity index (χ4n) is 4.03. The third kappa shape index (κ3) is 3.61. The van der Waals surface area contributed by atoms with E-state index in [2.05, 4.69) is 15.8 Å². The molecule has 2 aromatic rings. The molecule has 0 radical (unpaired) electrons. The summed E-state index contributed by atoms with van der Waals surface area (Å²) in [7, 11) is 2.01. The molecule has 27 heavy (non-hydrogen) atoms. The maximum atomic E-state index is 13.5. The molecule has 1 fully saturated rings. The second-order valence-corrected chi connectivity index (χ2v) is 7.29. The standard InChI is InChI=1S/C21H24FN3O2/c1-24-11-6-10-18(24)19-9-3-2-4-12-25(19)21(26)20-14-17(23-27-20)15-7-5-8-16(22)13-15/h5-8,10-11,13,19-20H,2-4,9,12,14H2,1H3/t19-,20+/m0/s1. The first-order chi connectivity index (χ1) is 13.1. The molecule has 1 saturated heterocycles. The summed E-state index contributed by atoms with van der Waals surface area (Å²) >= 11 is 0. The van der Waals surface area contributed by atoms with Gasteiger partial charge in [-0.3, -0.25) is 4.79 Å². The molecule has 0 aliphatic carbocycles. The molecule has 6 heteroatoms. The van der Waals surface area contributed by atoms with E-state index in [1.165, 1.54) is 12.1 Å². The van der Waals surface area contributed by atoms with E-state index < -0.39 is 6.10 Å². The molecule has 1 amide bonds. The number of carbonyl (C=O) groups is 1. The van der Waals surface area contributed by atoms with Crippen LogP contribution in [-0.2, 0) is 16.7 Å². The first-order valence-electron chi connectivity index (χ1n) is 9.54. The predicted octanol–water partition coefficient (Wildman–Crippen LogP) is 3.80. The molecule has 2 atom stereocenters. The summed E-state index contributed by atoms with van der Waals surface area (Å²) in [6, 6.07) is 10.4. The number of aromatic nitrogens is 1. The second-order valence-electron chi connectivity index (χ2n) is 7.29. The van der Waals surface area contributed by atoms with Crippen LogP contribution in [0.5, 0.6) is 0 Å². The smallest absolute Gasteiger partial charge is 0.267 e. The van der Waals surface area contributed by atoms with Crippen LogP contribution in [0.15, 0.2) is 47.8 Å². The fourth-order valence-corrected chi connectivity index (χ4v) is 4.03. The molecule has 0 N–H and O–H groups in total. The summed E-state index contributed by atoms with van der Waals surface area (Å²) in [4.78, 5) is 20.7. The predicted molar refractivity (Wildman–Crippen MR) is 101 cm³/mol. The lowest BCUT2D eigenvalue weighted by Crippen LogP contribution is -2.42. The average molecular weight is 369 g/mol. The Hall–Kier alpha value is -2.63. The van der Waals surface area contributed by atoms with Gasteiger partial charge in [0.2, 0.25) is 6.10 Å². The number of nitrogens with zero attached hydrogens (tertiary/aromatic N) is 3. The number of amides is 1. The number of rotatable bonds is 3. The van der Waals surface area contributed by atoms with E-state index in [1.807, 2.05) is 24.2 Å². The van der Waals surface area contributed by atoms with Crippen LogP contribution in [0.3, 0.4) is 0 Å². The maximum Gasteiger partial charge on any atom is 0.267 e. The number of benzene rings is 1. The van der Waals surface area contributed by atoms with Crippen molar-refractivity contribution in [1.82, 2.24) is 9.47 Å². The highest BCUT2D eigenvalue weighted by atomic mass is 19.1. The van der Waals surface area contributed by atoms with Crippen molar-refractivity contribution in [1.29, 1.82) is 0 Å². The summed E-state index contributed by atoms with van der Waals surface area (Å²) < 4.78 is 15.6. The molecule has 2 aliphatic rings. The van der Waals surface area contributed by atoms with E-state index in [1.54, 1.807) is 12.1 Å². The van der Waals surface area contributed by atoms with Crippen molar-refractivity contribution < 1.29 is 14.0 Å². The minimum atomic E-state index is -0.635. The minimum absolute atomic E-state index is 0.0294. The molecule has 1 aromatic carbocycles. The Morgan fingerprint density at radius 1 is 1.22 bits per heavy atom. The summed E-state index contributed by atoms with van der Waals surface area (Å²) in [6.45, 7) is 0.726. The molecule has 142 valence electrons. The lowest BCUT2D eigenvalue weighted by molar-refractivity contribution is -0.144. The Kier molecular flexibility index (Phi) is 4.97. The molecule has 4 rings (SSSR count). The number of hydrogen-bond donors (Lipinski definition) is 0. The Balaban J connectivity index is 1.52. The first kappa shape index (κ1) is 17.8. The third-order valence-electron chi connectivity index (χ3n) is 5.46. The second kappa shape index (κ2) is 7.55. The van der Waals surface area contributed by atoms with Crippen molar-refractivity contribution in [3.05, 3.63) is 59.7 Å². The summed E-state index contributed by atoms with van der Waals surface area (Å²) in [5.74, 6) is -0.348. The average Bonchev–Trinajstić information content (AvgIpc) is 3.25. The van der Waals surface area contributed by atoms with Gasteiger partial charge < -0.3 is 14.3 Å². The van der Waals surface area contributed by atoms with Gasteiger partial charge in [-0.2, -0.15) is 0 Å². The van der Waals surface area contributed by atoms with E-state index >= 15 is 0 Å². The molecule has 1 aromatic heterocycles. The Morgan fingerprint density at radius 2 is 2.11 bits per heavy atom. The molecule has 0 bridgehead atoms. The Morgan fingerprint density at radius 3 is 2.89 bits per heavy atom. The van der Waals surface area contributed by atoms with Crippen LogP contribution in [-0.4, -0.2) is 33.7 Å². The van der Waals surface area contributed by atoms with Crippen molar-refractivity contribution in [2.24, 2.45) is 12.2 Å². The normalized spacial score (nSPS) is 22.9. The zero-order valence-corrected chi connectivity index (χ0v) is 15.5. The molecular weight excluding hydrogens is 345 g/mol. The van der Waals surface area contributed by atoms with Crippen LogP contribution >= 0.6 is 0 Å². The number of oxime groups is 1. The number of carbonyl (C=O) groups excluding carboxylic acids is 1. The van der Waals surface area contributed by atoms with Crippen molar-refractivity contribution in [3.63, 3.8) is 0 Å². The lowest BCUT2D eigenvalue weighted by Gasteiger charge is -2.31. The van der Waals surface area contributed by atoms with Gasteiger partial charge in [0.15, 0.2) is 0 Å². The summed E-state index contributed by atoms with van der Waals surface area (Å²) in [5.41, 5.74) is 2.44. The monoisotopic (exact) mass is 369 g/mol. The van der Waals surface area contributed by atoms with Crippen LogP contribution in [0.2, 0.25) is 0 Å². The lowest BCUT2D eigenvalue weighted by atomic mass is 10.0. The maximum absolute atomic E-state index is 13.5. The topological polar surface area (TPSA) is 46.8 Å². The Labute approximate surface area is 158 Å². The number of likely N-dealkylation sites (tertiary alicyclic amines) is 1. The van der Waals surface area contributed by atoms with Gasteiger partial charge in [0.05, 0.1) is 11.8 Å². The van der Waals surface area contributed by atoms with Gasteiger partial charge in [-0.25, -0.2) is 4.39 Å². The highest BCUT2D eigenvalue weighted by molar-refractivity contribution is 6.04. The van der Waals surface area contributed by atoms with E-state index in [0.717, 1.165) is 37.9 Å². The van der Waals surface area contributed by atoms with Crippen LogP contribution in [0.1, 0.15) is 49.4 Å². The highest BCUT2D eigenvalue weighted by Gasteiger charge is 2.37. The van der Waals surface area contributed by atoms with Gasteiger partial charge in [-0.1, -0.05) is 30.1 Å². The SMILES string of the molecule is Cn1cccc1[C@@H]1CCCCCN1C(=O)[C@H]1CC(c2cccc(F)c2)=NO1. The van der Waals surface area contributed by atoms with Crippen LogP contribution < -0.4 is 0 Å². The van der Waals surface area contributed by atoms with E-state index in [0.29, 0.717) is 17.7 Å². The molecule has 0 saturated carbocycles. The summed E-state index contributed by atoms with van der Waals surface area (Å²) in [5, 5.41) is 4.07. The Bertz CT molecular complexity index is 861. The van der Waals surface area contributed by atoms with Gasteiger partial charge in [-0.15, -0.1) is 0 Å². The van der Waals surface area contributed by atoms with Gasteiger partial charge in [0.1, 0.15) is 5.82 Å². The third-order valence-corrected chi connectivity index (χ3v) is 5.46. The van der Waals surface area contributed by atoms with E-state index in [4.69, 9.17) is 4.84 Å². The highest BCUT2D eigenvalue weighted by Crippen LogP contribution is 2.32. The molecule has 0 unspecified atom stereocenters.